The van der Waals surface area contributed by atoms with Crippen molar-refractivity contribution in [2.45, 2.75) is 11.7 Å². The lowest BCUT2D eigenvalue weighted by atomic mass is 10.0. The second kappa shape index (κ2) is 3.47. The Hall–Kier alpha value is -2.06. The Kier molecular flexibility index (Phi) is 2.13. The molecular formula is C10H10N2O6. The molecule has 2 unspecified atom stereocenters. The smallest absolute Gasteiger partial charge is 0.335 e. The second-order valence-electron chi connectivity index (χ2n) is 4.17. The third kappa shape index (κ3) is 1.27. The number of nitrogens with one attached hydrogen (secondary N) is 1. The Labute approximate surface area is 99.7 Å². The molecule has 0 saturated carbocycles. The number of ether oxygens (including phenoxy) is 2. The Morgan fingerprint density at radius 2 is 2.33 bits per heavy atom. The van der Waals surface area contributed by atoms with Crippen LogP contribution in [-0.4, -0.2) is 44.7 Å². The quantitative estimate of drug-likeness (QED) is 0.552. The van der Waals surface area contributed by atoms with Crippen LogP contribution in [0.4, 0.5) is 0 Å². The minimum atomic E-state index is -1.26. The molecule has 3 heterocycles. The Morgan fingerprint density at radius 1 is 1.56 bits per heavy atom. The van der Waals surface area contributed by atoms with Gasteiger partial charge < -0.3 is 19.7 Å². The number of hydrogen-bond donors (Lipinski definition) is 3. The van der Waals surface area contributed by atoms with Gasteiger partial charge in [-0.05, 0) is 0 Å². The molecule has 1 saturated heterocycles. The molecule has 0 aliphatic carbocycles. The number of rotatable bonds is 2. The standard InChI is InChI=1S/C10H10N2O6/c13-3-10-4-17-6(7(10)15)8(18-10)12-2-1-5(14)11-9(12)16/h1-2,7,13,15H,3-4H2,(H,11,14,16). The first kappa shape index (κ1) is 11.1. The average molecular weight is 254 g/mol. The molecule has 18 heavy (non-hydrogen) atoms. The maximum Gasteiger partial charge on any atom is 0.335 e. The minimum absolute atomic E-state index is 0.0101. The van der Waals surface area contributed by atoms with E-state index in [-0.39, 0.29) is 18.2 Å². The summed E-state index contributed by atoms with van der Waals surface area (Å²) in [7, 11) is 0. The van der Waals surface area contributed by atoms with Crippen LogP contribution >= 0.6 is 0 Å². The highest BCUT2D eigenvalue weighted by Gasteiger charge is 2.57. The number of nitrogens with zero attached hydrogens (tertiary/aromatic N) is 1. The topological polar surface area (TPSA) is 114 Å². The molecule has 2 bridgehead atoms. The van der Waals surface area contributed by atoms with Gasteiger partial charge in [-0.25, -0.2) is 9.36 Å². The number of aliphatic hydroxyl groups excluding tert-OH is 2. The molecule has 0 aromatic carbocycles. The summed E-state index contributed by atoms with van der Waals surface area (Å²) < 4.78 is 11.6. The van der Waals surface area contributed by atoms with Crippen molar-refractivity contribution in [3.8, 4) is 0 Å². The van der Waals surface area contributed by atoms with Crippen LogP contribution in [0, 0.1) is 0 Å². The van der Waals surface area contributed by atoms with Gasteiger partial charge in [0.2, 0.25) is 11.5 Å². The van der Waals surface area contributed by atoms with E-state index in [1.54, 1.807) is 0 Å². The fraction of sp³-hybridized carbons (Fsp3) is 0.400. The summed E-state index contributed by atoms with van der Waals surface area (Å²) in [6.07, 6.45) is 0.0852. The molecule has 8 nitrogen and oxygen atoms in total. The van der Waals surface area contributed by atoms with Crippen molar-refractivity contribution in [1.82, 2.24) is 9.55 Å². The zero-order valence-corrected chi connectivity index (χ0v) is 9.12. The molecule has 3 rings (SSSR count). The lowest BCUT2D eigenvalue weighted by Gasteiger charge is -2.26. The summed E-state index contributed by atoms with van der Waals surface area (Å²) in [6, 6.07) is 1.14. The molecule has 3 N–H and O–H groups in total. The van der Waals surface area contributed by atoms with Crippen molar-refractivity contribution in [2.24, 2.45) is 0 Å². The number of H-pyrrole nitrogens is 1. The average Bonchev–Trinajstić information content (AvgIpc) is 2.81. The van der Waals surface area contributed by atoms with E-state index in [9.17, 15) is 19.8 Å². The van der Waals surface area contributed by atoms with Crippen LogP contribution in [0.5, 0.6) is 0 Å². The van der Waals surface area contributed by atoms with E-state index in [2.05, 4.69) is 4.98 Å². The van der Waals surface area contributed by atoms with Gasteiger partial charge in [-0.15, -0.1) is 0 Å². The van der Waals surface area contributed by atoms with Crippen LogP contribution in [0.3, 0.4) is 0 Å². The van der Waals surface area contributed by atoms with E-state index in [0.29, 0.717) is 0 Å². The predicted molar refractivity (Wildman–Crippen MR) is 57.4 cm³/mol. The van der Waals surface area contributed by atoms with Crippen molar-refractivity contribution >= 4 is 5.88 Å². The number of hydrogen-bond acceptors (Lipinski definition) is 6. The normalized spacial score (nSPS) is 29.3. The first-order valence-electron chi connectivity index (χ1n) is 5.25. The van der Waals surface area contributed by atoms with E-state index in [0.717, 1.165) is 10.6 Å². The molecular weight excluding hydrogens is 244 g/mol. The Morgan fingerprint density at radius 3 is 2.94 bits per heavy atom. The van der Waals surface area contributed by atoms with Gasteiger partial charge in [0, 0.05) is 12.3 Å². The third-order valence-electron chi connectivity index (χ3n) is 3.04. The molecule has 96 valence electrons. The van der Waals surface area contributed by atoms with Crippen molar-refractivity contribution < 1.29 is 19.7 Å². The molecule has 1 fully saturated rings. The molecule has 0 radical (unpaired) electrons. The molecule has 1 aromatic heterocycles. The molecule has 1 aromatic rings. The lowest BCUT2D eigenvalue weighted by Crippen LogP contribution is -2.44. The highest BCUT2D eigenvalue weighted by Crippen LogP contribution is 2.42. The molecule has 2 aliphatic rings. The van der Waals surface area contributed by atoms with Crippen molar-refractivity contribution in [3.63, 3.8) is 0 Å². The van der Waals surface area contributed by atoms with Crippen LogP contribution in [0.15, 0.2) is 27.6 Å². The number of fused-ring (bicyclic) bond motifs is 2. The van der Waals surface area contributed by atoms with E-state index in [4.69, 9.17) is 9.47 Å². The summed E-state index contributed by atoms with van der Waals surface area (Å²) in [5, 5.41) is 19.2. The largest absolute Gasteiger partial charge is 0.485 e. The van der Waals surface area contributed by atoms with E-state index < -0.39 is 29.6 Å². The number of aromatic amines is 1. The van der Waals surface area contributed by atoms with Gasteiger partial charge in [-0.2, -0.15) is 0 Å². The monoisotopic (exact) mass is 254 g/mol. The summed E-state index contributed by atoms with van der Waals surface area (Å²) >= 11 is 0. The highest BCUT2D eigenvalue weighted by atomic mass is 16.6. The second-order valence-corrected chi connectivity index (χ2v) is 4.17. The van der Waals surface area contributed by atoms with Gasteiger partial charge in [0.1, 0.15) is 6.61 Å². The zero-order chi connectivity index (χ0) is 12.9. The van der Waals surface area contributed by atoms with Gasteiger partial charge in [-0.1, -0.05) is 0 Å². The highest BCUT2D eigenvalue weighted by molar-refractivity contribution is 5.50. The zero-order valence-electron chi connectivity index (χ0n) is 9.12. The van der Waals surface area contributed by atoms with Crippen LogP contribution in [0.2, 0.25) is 0 Å². The number of aliphatic hydroxyl groups is 2. The molecule has 0 spiro atoms. The molecule has 2 aliphatic heterocycles. The molecule has 8 heteroatoms. The van der Waals surface area contributed by atoms with E-state index in [1.807, 2.05) is 0 Å². The van der Waals surface area contributed by atoms with Crippen LogP contribution < -0.4 is 11.2 Å². The fourth-order valence-corrected chi connectivity index (χ4v) is 2.01. The van der Waals surface area contributed by atoms with Gasteiger partial charge in [0.25, 0.3) is 5.56 Å². The number of aromatic nitrogens is 2. The van der Waals surface area contributed by atoms with Crippen LogP contribution in [-0.2, 0) is 9.47 Å². The SMILES string of the molecule is O=c1ccn(C2=C3OCC(CO)(O2)C3O)c(=O)[nH]1. The van der Waals surface area contributed by atoms with E-state index >= 15 is 0 Å². The summed E-state index contributed by atoms with van der Waals surface area (Å²) in [4.78, 5) is 24.6. The summed E-state index contributed by atoms with van der Waals surface area (Å²) in [6.45, 7) is -0.430. The minimum Gasteiger partial charge on any atom is -0.485 e. The first-order valence-corrected chi connectivity index (χ1v) is 5.25. The van der Waals surface area contributed by atoms with Gasteiger partial charge in [0.15, 0.2) is 11.9 Å². The van der Waals surface area contributed by atoms with E-state index in [1.165, 1.54) is 6.20 Å². The van der Waals surface area contributed by atoms with Crippen molar-refractivity contribution in [2.75, 3.05) is 13.2 Å². The van der Waals surface area contributed by atoms with Crippen LogP contribution in [0.1, 0.15) is 0 Å². The third-order valence-corrected chi connectivity index (χ3v) is 3.04. The summed E-state index contributed by atoms with van der Waals surface area (Å²) in [5.74, 6) is 0.0715. The lowest BCUT2D eigenvalue weighted by molar-refractivity contribution is -0.0719. The van der Waals surface area contributed by atoms with Gasteiger partial charge >= 0.3 is 5.69 Å². The van der Waals surface area contributed by atoms with Gasteiger partial charge in [-0.3, -0.25) is 9.78 Å². The Balaban J connectivity index is 2.12. The summed E-state index contributed by atoms with van der Waals surface area (Å²) in [5.41, 5.74) is -2.51. The maximum atomic E-state index is 11.6. The Bertz CT molecular complexity index is 644. The first-order chi connectivity index (χ1) is 8.57. The van der Waals surface area contributed by atoms with Crippen molar-refractivity contribution in [1.29, 1.82) is 0 Å². The fourth-order valence-electron chi connectivity index (χ4n) is 2.01. The molecule has 2 atom stereocenters. The van der Waals surface area contributed by atoms with Crippen LogP contribution in [0.25, 0.3) is 5.88 Å². The maximum absolute atomic E-state index is 11.6. The van der Waals surface area contributed by atoms with Crippen molar-refractivity contribution in [3.05, 3.63) is 38.9 Å². The van der Waals surface area contributed by atoms with Gasteiger partial charge in [0.05, 0.1) is 6.61 Å². The molecule has 0 amide bonds. The predicted octanol–water partition coefficient (Wildman–Crippen LogP) is -2.18.